The maximum Gasteiger partial charge on any atom is 0.258 e. The van der Waals surface area contributed by atoms with Crippen LogP contribution in [0.15, 0.2) is 97.1 Å². The lowest BCUT2D eigenvalue weighted by atomic mass is 9.92. The topological polar surface area (TPSA) is 111 Å². The van der Waals surface area contributed by atoms with Crippen LogP contribution >= 0.6 is 0 Å². The van der Waals surface area contributed by atoms with Crippen LogP contribution in [0.3, 0.4) is 0 Å². The number of benzene rings is 4. The molecular weight excluding hydrogens is 518 g/mol. The van der Waals surface area contributed by atoms with Crippen LogP contribution in [0.25, 0.3) is 11.1 Å². The quantitative estimate of drug-likeness (QED) is 0.297. The van der Waals surface area contributed by atoms with Crippen LogP contribution in [0.1, 0.15) is 30.9 Å². The first-order valence-electron chi connectivity index (χ1n) is 13.4. The zero-order valence-corrected chi connectivity index (χ0v) is 22.9. The molecule has 0 fully saturated rings. The molecule has 1 unspecified atom stereocenters. The van der Waals surface area contributed by atoms with Crippen molar-refractivity contribution in [1.82, 2.24) is 5.32 Å². The van der Waals surface area contributed by atoms with Crippen molar-refractivity contribution < 1.29 is 23.9 Å². The fourth-order valence-electron chi connectivity index (χ4n) is 4.87. The highest BCUT2D eigenvalue weighted by atomic mass is 16.5. The van der Waals surface area contributed by atoms with E-state index in [0.717, 1.165) is 21.6 Å². The van der Waals surface area contributed by atoms with Gasteiger partial charge in [-0.05, 0) is 66.9 Å². The third-order valence-electron chi connectivity index (χ3n) is 7.01. The van der Waals surface area contributed by atoms with Gasteiger partial charge in [0.25, 0.3) is 11.8 Å². The second-order valence-electron chi connectivity index (χ2n) is 9.89. The van der Waals surface area contributed by atoms with Crippen molar-refractivity contribution in [2.24, 2.45) is 0 Å². The van der Waals surface area contributed by atoms with E-state index in [0.29, 0.717) is 35.0 Å². The summed E-state index contributed by atoms with van der Waals surface area (Å²) >= 11 is 0. The van der Waals surface area contributed by atoms with E-state index >= 15 is 0 Å². The molecule has 0 saturated heterocycles. The number of hydrogen-bond donors (Lipinski definition) is 2. The molecule has 0 aromatic heterocycles. The molecule has 0 bridgehead atoms. The van der Waals surface area contributed by atoms with Crippen molar-refractivity contribution in [2.45, 2.75) is 32.4 Å². The maximum absolute atomic E-state index is 13.6. The minimum atomic E-state index is -0.994. The Hall–Kier alpha value is -5.11. The lowest BCUT2D eigenvalue weighted by Gasteiger charge is -2.26. The van der Waals surface area contributed by atoms with Crippen LogP contribution < -0.4 is 25.4 Å². The Kier molecular flexibility index (Phi) is 8.01. The highest BCUT2D eigenvalue weighted by Gasteiger charge is 2.37. The molecular formula is C33H31N3O5. The maximum atomic E-state index is 13.6. The summed E-state index contributed by atoms with van der Waals surface area (Å²) in [6.45, 7) is 3.44. The standard InChI is InChI=1S/C33H31N3O5/c1-21-26-11-6-7-12-27(26)31-28(34)13-8-14-29(31)36(32(21)38)33(39)22(2)35-30(37)20-41-25-17-15-24(16-18-25)40-19-23-9-4-3-5-10-23/h3-18,21-22H,19-20,34H2,1-2H3,(H,35,37)/t21?,22-/m0/s1. The summed E-state index contributed by atoms with van der Waals surface area (Å²) in [5.41, 5.74) is 10.5. The van der Waals surface area contributed by atoms with E-state index in [4.69, 9.17) is 15.2 Å². The Morgan fingerprint density at radius 1 is 0.878 bits per heavy atom. The van der Waals surface area contributed by atoms with Gasteiger partial charge in [-0.2, -0.15) is 0 Å². The van der Waals surface area contributed by atoms with Gasteiger partial charge in [-0.3, -0.25) is 14.4 Å². The Labute approximate surface area is 238 Å². The van der Waals surface area contributed by atoms with Crippen molar-refractivity contribution in [3.8, 4) is 22.6 Å². The number of nitrogens with zero attached hydrogens (tertiary/aromatic N) is 1. The first-order valence-corrected chi connectivity index (χ1v) is 13.4. The smallest absolute Gasteiger partial charge is 0.258 e. The van der Waals surface area contributed by atoms with E-state index in [2.05, 4.69) is 5.32 Å². The number of ether oxygens (including phenoxy) is 2. The zero-order chi connectivity index (χ0) is 28.9. The van der Waals surface area contributed by atoms with Crippen molar-refractivity contribution >= 4 is 29.1 Å². The fourth-order valence-corrected chi connectivity index (χ4v) is 4.87. The molecule has 1 aliphatic rings. The van der Waals surface area contributed by atoms with Crippen LogP contribution in [-0.4, -0.2) is 30.4 Å². The lowest BCUT2D eigenvalue weighted by molar-refractivity contribution is -0.131. The molecule has 2 atom stereocenters. The van der Waals surface area contributed by atoms with Crippen LogP contribution in [0, 0.1) is 0 Å². The van der Waals surface area contributed by atoms with E-state index in [-0.39, 0.29) is 6.61 Å². The van der Waals surface area contributed by atoms with Crippen molar-refractivity contribution in [1.29, 1.82) is 0 Å². The summed E-state index contributed by atoms with van der Waals surface area (Å²) in [4.78, 5) is 41.1. The molecule has 0 radical (unpaired) electrons. The van der Waals surface area contributed by atoms with Crippen LogP contribution in [0.2, 0.25) is 0 Å². The third kappa shape index (κ3) is 5.91. The van der Waals surface area contributed by atoms with E-state index in [9.17, 15) is 14.4 Å². The summed E-state index contributed by atoms with van der Waals surface area (Å²) in [5, 5.41) is 2.66. The molecule has 3 amide bonds. The number of nitrogens with one attached hydrogen (secondary N) is 1. The monoisotopic (exact) mass is 549 g/mol. The highest BCUT2D eigenvalue weighted by Crippen LogP contribution is 2.44. The van der Waals surface area contributed by atoms with Gasteiger partial charge in [0.05, 0.1) is 11.6 Å². The van der Waals surface area contributed by atoms with Crippen molar-refractivity contribution in [3.63, 3.8) is 0 Å². The van der Waals surface area contributed by atoms with Gasteiger partial charge < -0.3 is 20.5 Å². The molecule has 1 heterocycles. The summed E-state index contributed by atoms with van der Waals surface area (Å²) in [6.07, 6.45) is 0. The number of rotatable bonds is 8. The second kappa shape index (κ2) is 12.0. The number of nitrogens with two attached hydrogens (primary N) is 1. The average Bonchev–Trinajstić information content (AvgIpc) is 3.08. The number of carbonyl (C=O) groups excluding carboxylic acids is 3. The first-order chi connectivity index (χ1) is 19.8. The molecule has 8 nitrogen and oxygen atoms in total. The fraction of sp³-hybridized carbons (Fsp3) is 0.182. The Morgan fingerprint density at radius 2 is 1.54 bits per heavy atom. The predicted molar refractivity (Wildman–Crippen MR) is 158 cm³/mol. The lowest BCUT2D eigenvalue weighted by Crippen LogP contribution is -2.51. The van der Waals surface area contributed by atoms with Gasteiger partial charge in [-0.25, -0.2) is 4.90 Å². The van der Waals surface area contributed by atoms with E-state index in [1.54, 1.807) is 56.3 Å². The molecule has 4 aromatic carbocycles. The zero-order valence-electron chi connectivity index (χ0n) is 22.9. The number of fused-ring (bicyclic) bond motifs is 3. The molecule has 4 aromatic rings. The summed E-state index contributed by atoms with van der Waals surface area (Å²) in [6, 6.07) is 28.4. The number of amides is 3. The number of nitrogen functional groups attached to an aromatic ring is 1. The van der Waals surface area contributed by atoms with E-state index in [1.165, 1.54) is 0 Å². The summed E-state index contributed by atoms with van der Waals surface area (Å²) in [5.74, 6) is -0.892. The van der Waals surface area contributed by atoms with Gasteiger partial charge in [0.15, 0.2) is 6.61 Å². The highest BCUT2D eigenvalue weighted by molar-refractivity contribution is 6.22. The largest absolute Gasteiger partial charge is 0.489 e. The van der Waals surface area contributed by atoms with E-state index in [1.807, 2.05) is 54.6 Å². The molecule has 0 saturated carbocycles. The molecule has 41 heavy (non-hydrogen) atoms. The number of hydrogen-bond acceptors (Lipinski definition) is 6. The molecule has 1 aliphatic heterocycles. The second-order valence-corrected chi connectivity index (χ2v) is 9.89. The van der Waals surface area contributed by atoms with Crippen LogP contribution in [0.4, 0.5) is 11.4 Å². The Morgan fingerprint density at radius 3 is 2.27 bits per heavy atom. The first kappa shape index (κ1) is 27.5. The SMILES string of the molecule is CC1C(=O)N(C(=O)[C@H](C)NC(=O)COc2ccc(OCc3ccccc3)cc2)c2cccc(N)c2-c2ccccc21. The van der Waals surface area contributed by atoms with Crippen LogP contribution in [-0.2, 0) is 21.0 Å². The van der Waals surface area contributed by atoms with Gasteiger partial charge >= 0.3 is 0 Å². The van der Waals surface area contributed by atoms with Gasteiger partial charge in [0, 0.05) is 11.3 Å². The molecule has 3 N–H and O–H groups in total. The van der Waals surface area contributed by atoms with Crippen molar-refractivity contribution in [3.05, 3.63) is 108 Å². The number of anilines is 2. The van der Waals surface area contributed by atoms with Gasteiger partial charge in [-0.1, -0.05) is 60.7 Å². The summed E-state index contributed by atoms with van der Waals surface area (Å²) in [7, 11) is 0. The minimum absolute atomic E-state index is 0.304. The van der Waals surface area contributed by atoms with Gasteiger partial charge in [-0.15, -0.1) is 0 Å². The minimum Gasteiger partial charge on any atom is -0.489 e. The Balaban J connectivity index is 1.23. The van der Waals surface area contributed by atoms with Crippen LogP contribution in [0.5, 0.6) is 11.5 Å². The number of imide groups is 1. The Bertz CT molecular complexity index is 1570. The van der Waals surface area contributed by atoms with Gasteiger partial charge in [0.1, 0.15) is 24.1 Å². The summed E-state index contributed by atoms with van der Waals surface area (Å²) < 4.78 is 11.4. The van der Waals surface area contributed by atoms with E-state index < -0.39 is 29.7 Å². The molecule has 208 valence electrons. The number of carbonyl (C=O) groups is 3. The normalized spacial score (nSPS) is 14.7. The third-order valence-corrected chi connectivity index (χ3v) is 7.01. The molecule has 0 aliphatic carbocycles. The molecule has 0 spiro atoms. The molecule has 5 rings (SSSR count). The van der Waals surface area contributed by atoms with Gasteiger partial charge in [0.2, 0.25) is 5.91 Å². The van der Waals surface area contributed by atoms with Crippen molar-refractivity contribution in [2.75, 3.05) is 17.2 Å². The molecule has 8 heteroatoms. The average molecular weight is 550 g/mol. The predicted octanol–water partition coefficient (Wildman–Crippen LogP) is 5.08.